The van der Waals surface area contributed by atoms with E-state index in [1.807, 2.05) is 4.90 Å². The zero-order valence-electron chi connectivity index (χ0n) is 16.0. The van der Waals surface area contributed by atoms with E-state index in [0.29, 0.717) is 23.7 Å². The number of H-pyrrole nitrogens is 1. The third kappa shape index (κ3) is 3.38. The average molecular weight is 386 g/mol. The van der Waals surface area contributed by atoms with E-state index in [-0.39, 0.29) is 12.4 Å². The molecule has 2 bridgehead atoms. The van der Waals surface area contributed by atoms with Crippen molar-refractivity contribution in [1.82, 2.24) is 20.0 Å². The summed E-state index contributed by atoms with van der Waals surface area (Å²) in [5.74, 6) is 0.621. The second kappa shape index (κ2) is 7.89. The van der Waals surface area contributed by atoms with Crippen LogP contribution in [-0.2, 0) is 9.53 Å². The van der Waals surface area contributed by atoms with Crippen molar-refractivity contribution in [3.8, 4) is 0 Å². The molecule has 2 atom stereocenters. The van der Waals surface area contributed by atoms with Gasteiger partial charge in [0, 0.05) is 43.8 Å². The fourth-order valence-corrected chi connectivity index (χ4v) is 4.74. The first-order valence-corrected chi connectivity index (χ1v) is 9.77. The van der Waals surface area contributed by atoms with Crippen LogP contribution < -0.4 is 0 Å². The van der Waals surface area contributed by atoms with Crippen LogP contribution in [0.3, 0.4) is 0 Å². The number of hydrogen-bond acceptors (Lipinski definition) is 5. The van der Waals surface area contributed by atoms with E-state index >= 15 is 0 Å². The Kier molecular flexibility index (Phi) is 5.32. The SMILES string of the molecule is CN1C[C@@H]2C[C@H]1CN2C(=O)c1n[nH]c2cc(C3CCOCC3)ccc12.O=CO. The van der Waals surface area contributed by atoms with Crippen molar-refractivity contribution in [2.75, 3.05) is 33.4 Å². The zero-order valence-corrected chi connectivity index (χ0v) is 16.0. The molecule has 1 aromatic carbocycles. The molecule has 1 aromatic heterocycles. The van der Waals surface area contributed by atoms with Gasteiger partial charge in [0.2, 0.25) is 0 Å². The summed E-state index contributed by atoms with van der Waals surface area (Å²) in [5.41, 5.74) is 2.86. The molecule has 3 aliphatic rings. The number of aromatic amines is 1. The minimum Gasteiger partial charge on any atom is -0.483 e. The Labute approximate surface area is 163 Å². The molecule has 0 radical (unpaired) electrons. The van der Waals surface area contributed by atoms with Crippen LogP contribution in [-0.4, -0.2) is 82.9 Å². The van der Waals surface area contributed by atoms with Gasteiger partial charge >= 0.3 is 0 Å². The maximum Gasteiger partial charge on any atom is 0.290 e. The highest BCUT2D eigenvalue weighted by molar-refractivity contribution is 6.05. The summed E-state index contributed by atoms with van der Waals surface area (Å²) >= 11 is 0. The number of fused-ring (bicyclic) bond motifs is 3. The molecule has 8 nitrogen and oxygen atoms in total. The molecule has 150 valence electrons. The van der Waals surface area contributed by atoms with Crippen molar-refractivity contribution in [1.29, 1.82) is 0 Å². The molecule has 1 amide bonds. The van der Waals surface area contributed by atoms with Gasteiger partial charge in [0.1, 0.15) is 0 Å². The molecule has 8 heteroatoms. The van der Waals surface area contributed by atoms with Crippen LogP contribution in [0.2, 0.25) is 0 Å². The Morgan fingerprint density at radius 3 is 2.68 bits per heavy atom. The Hall–Kier alpha value is -2.45. The molecule has 2 aromatic rings. The highest BCUT2D eigenvalue weighted by atomic mass is 16.5. The summed E-state index contributed by atoms with van der Waals surface area (Å²) in [6, 6.07) is 7.25. The van der Waals surface area contributed by atoms with Crippen molar-refractivity contribution in [2.45, 2.75) is 37.3 Å². The molecule has 28 heavy (non-hydrogen) atoms. The molecule has 5 rings (SSSR count). The number of aromatic nitrogens is 2. The van der Waals surface area contributed by atoms with Crippen LogP contribution in [0, 0.1) is 0 Å². The minimum absolute atomic E-state index is 0.0747. The lowest BCUT2D eigenvalue weighted by Gasteiger charge is -2.31. The first-order chi connectivity index (χ1) is 13.6. The van der Waals surface area contributed by atoms with Gasteiger partial charge in [0.15, 0.2) is 5.69 Å². The van der Waals surface area contributed by atoms with E-state index < -0.39 is 0 Å². The summed E-state index contributed by atoms with van der Waals surface area (Å²) in [4.78, 5) is 25.8. The van der Waals surface area contributed by atoms with Crippen molar-refractivity contribution >= 4 is 23.3 Å². The largest absolute Gasteiger partial charge is 0.483 e. The average Bonchev–Trinajstić information content (AvgIpc) is 3.41. The number of rotatable bonds is 2. The van der Waals surface area contributed by atoms with Crippen molar-refractivity contribution in [2.24, 2.45) is 0 Å². The normalized spacial score (nSPS) is 25.0. The van der Waals surface area contributed by atoms with Gasteiger partial charge < -0.3 is 14.7 Å². The maximum absolute atomic E-state index is 13.0. The number of carbonyl (C=O) groups is 2. The van der Waals surface area contributed by atoms with E-state index in [9.17, 15) is 4.79 Å². The van der Waals surface area contributed by atoms with Gasteiger partial charge in [-0.15, -0.1) is 0 Å². The van der Waals surface area contributed by atoms with Gasteiger partial charge in [0.05, 0.1) is 5.52 Å². The molecule has 0 saturated carbocycles. The summed E-state index contributed by atoms with van der Waals surface area (Å²) in [6.45, 7) is 3.23. The van der Waals surface area contributed by atoms with Crippen LogP contribution in [0.4, 0.5) is 0 Å². The number of likely N-dealkylation sites (tertiary alicyclic amines) is 2. The molecular formula is C20H26N4O4. The number of carboxylic acid groups (broad SMARTS) is 1. The van der Waals surface area contributed by atoms with Crippen LogP contribution in [0.15, 0.2) is 18.2 Å². The third-order valence-electron chi connectivity index (χ3n) is 6.26. The molecule has 3 saturated heterocycles. The molecule has 0 spiro atoms. The number of ether oxygens (including phenoxy) is 1. The van der Waals surface area contributed by atoms with Crippen LogP contribution in [0.25, 0.3) is 10.9 Å². The first-order valence-electron chi connectivity index (χ1n) is 9.77. The van der Waals surface area contributed by atoms with Crippen molar-refractivity contribution in [3.05, 3.63) is 29.5 Å². The van der Waals surface area contributed by atoms with Gasteiger partial charge in [-0.05, 0) is 43.9 Å². The molecule has 3 fully saturated rings. The number of nitrogens with one attached hydrogen (secondary N) is 1. The maximum atomic E-state index is 13.0. The number of likely N-dealkylation sites (N-methyl/N-ethyl adjacent to an activating group) is 1. The number of piperazine rings is 1. The Balaban J connectivity index is 0.000000604. The summed E-state index contributed by atoms with van der Waals surface area (Å²) in [6.07, 6.45) is 3.23. The molecular weight excluding hydrogens is 360 g/mol. The fourth-order valence-electron chi connectivity index (χ4n) is 4.74. The van der Waals surface area contributed by atoms with Crippen LogP contribution >= 0.6 is 0 Å². The molecule has 2 N–H and O–H groups in total. The van der Waals surface area contributed by atoms with Crippen molar-refractivity contribution < 1.29 is 19.4 Å². The Morgan fingerprint density at radius 1 is 1.29 bits per heavy atom. The summed E-state index contributed by atoms with van der Waals surface area (Å²) in [7, 11) is 2.15. The lowest BCUT2D eigenvalue weighted by atomic mass is 9.91. The fraction of sp³-hybridized carbons (Fsp3) is 0.550. The van der Waals surface area contributed by atoms with E-state index in [2.05, 4.69) is 40.3 Å². The number of amides is 1. The van der Waals surface area contributed by atoms with Crippen LogP contribution in [0.1, 0.15) is 41.2 Å². The molecule has 3 aliphatic heterocycles. The number of hydrogen-bond donors (Lipinski definition) is 2. The Bertz CT molecular complexity index is 859. The van der Waals surface area contributed by atoms with Gasteiger partial charge in [-0.2, -0.15) is 5.10 Å². The van der Waals surface area contributed by atoms with Crippen molar-refractivity contribution in [3.63, 3.8) is 0 Å². The molecule has 0 unspecified atom stereocenters. The molecule has 0 aliphatic carbocycles. The minimum atomic E-state index is -0.250. The quantitative estimate of drug-likeness (QED) is 0.762. The third-order valence-corrected chi connectivity index (χ3v) is 6.26. The second-order valence-electron chi connectivity index (χ2n) is 7.81. The zero-order chi connectivity index (χ0) is 19.7. The highest BCUT2D eigenvalue weighted by Crippen LogP contribution is 2.33. The summed E-state index contributed by atoms with van der Waals surface area (Å²) in [5, 5.41) is 15.3. The lowest BCUT2D eigenvalue weighted by molar-refractivity contribution is -0.122. The molecule has 4 heterocycles. The number of carbonyl (C=O) groups excluding carboxylic acids is 1. The second-order valence-corrected chi connectivity index (χ2v) is 7.81. The predicted molar refractivity (Wildman–Crippen MR) is 103 cm³/mol. The number of nitrogens with zero attached hydrogens (tertiary/aromatic N) is 3. The predicted octanol–water partition coefficient (Wildman–Crippen LogP) is 1.69. The smallest absolute Gasteiger partial charge is 0.290 e. The Morgan fingerprint density at radius 2 is 2.04 bits per heavy atom. The number of benzene rings is 1. The topological polar surface area (TPSA) is 98.8 Å². The van der Waals surface area contributed by atoms with Gasteiger partial charge in [-0.3, -0.25) is 19.6 Å². The van der Waals surface area contributed by atoms with E-state index in [0.717, 1.165) is 56.5 Å². The highest BCUT2D eigenvalue weighted by Gasteiger charge is 2.44. The van der Waals surface area contributed by atoms with Gasteiger partial charge in [-0.1, -0.05) is 12.1 Å². The van der Waals surface area contributed by atoms with E-state index in [4.69, 9.17) is 14.6 Å². The van der Waals surface area contributed by atoms with Gasteiger partial charge in [-0.25, -0.2) is 0 Å². The van der Waals surface area contributed by atoms with E-state index in [1.165, 1.54) is 5.56 Å². The van der Waals surface area contributed by atoms with Gasteiger partial charge in [0.25, 0.3) is 12.4 Å². The first kappa shape index (κ1) is 18.9. The standard InChI is InChI=1S/C19H24N4O2.CH2O2/c1-22-10-15-9-14(22)11-23(15)19(24)18-16-3-2-13(8-17(16)20-21-18)12-4-6-25-7-5-12;2-1-3/h2-3,8,12,14-15H,4-7,9-11H2,1H3,(H,20,21);1H,(H,2,3)/t14-,15-;/m0./s1. The monoisotopic (exact) mass is 386 g/mol. The van der Waals surface area contributed by atoms with E-state index in [1.54, 1.807) is 0 Å². The summed E-state index contributed by atoms with van der Waals surface area (Å²) < 4.78 is 5.46. The van der Waals surface area contributed by atoms with Crippen LogP contribution in [0.5, 0.6) is 0 Å². The lowest BCUT2D eigenvalue weighted by Crippen LogP contribution is -2.47.